The van der Waals surface area contributed by atoms with Crippen LogP contribution in [0.2, 0.25) is 0 Å². The lowest BCUT2D eigenvalue weighted by Crippen LogP contribution is -2.11. The van der Waals surface area contributed by atoms with Gasteiger partial charge in [-0.1, -0.05) is 18.5 Å². The molecule has 0 radical (unpaired) electrons. The van der Waals surface area contributed by atoms with Crippen LogP contribution in [0.4, 0.5) is 26.3 Å². The first-order chi connectivity index (χ1) is 10.6. The summed E-state index contributed by atoms with van der Waals surface area (Å²) in [6.07, 6.45) is -7.83. The Kier molecular flexibility index (Phi) is 4.67. The highest BCUT2D eigenvalue weighted by molar-refractivity contribution is 5.57. The van der Waals surface area contributed by atoms with E-state index in [1.54, 1.807) is 0 Å². The Balaban J connectivity index is 2.47. The van der Waals surface area contributed by atoms with Crippen molar-refractivity contribution in [1.82, 2.24) is 10.1 Å². The quantitative estimate of drug-likeness (QED) is 0.727. The van der Waals surface area contributed by atoms with Gasteiger partial charge in [0.15, 0.2) is 5.82 Å². The van der Waals surface area contributed by atoms with Crippen molar-refractivity contribution >= 4 is 0 Å². The molecule has 0 saturated carbocycles. The van der Waals surface area contributed by atoms with Crippen molar-refractivity contribution in [1.29, 1.82) is 0 Å². The Hall–Kier alpha value is -2.06. The molecule has 0 atom stereocenters. The van der Waals surface area contributed by atoms with Gasteiger partial charge in [0, 0.05) is 12.0 Å². The highest BCUT2D eigenvalue weighted by Gasteiger charge is 2.37. The van der Waals surface area contributed by atoms with Crippen LogP contribution in [-0.4, -0.2) is 10.1 Å². The number of aromatic nitrogens is 2. The van der Waals surface area contributed by atoms with Crippen LogP contribution in [0.3, 0.4) is 0 Å². The van der Waals surface area contributed by atoms with Gasteiger partial charge >= 0.3 is 12.4 Å². The number of unbranched alkanes of at least 4 members (excludes halogenated alkanes) is 1. The number of hydrogen-bond donors (Lipinski definition) is 0. The van der Waals surface area contributed by atoms with Crippen molar-refractivity contribution in [3.63, 3.8) is 0 Å². The molecule has 0 aliphatic carbocycles. The summed E-state index contributed by atoms with van der Waals surface area (Å²) in [4.78, 5) is 3.85. The van der Waals surface area contributed by atoms with Gasteiger partial charge in [-0.15, -0.1) is 0 Å². The molecule has 0 bridgehead atoms. The topological polar surface area (TPSA) is 38.9 Å². The van der Waals surface area contributed by atoms with Crippen molar-refractivity contribution in [2.24, 2.45) is 0 Å². The van der Waals surface area contributed by atoms with Crippen LogP contribution in [0.1, 0.15) is 36.7 Å². The standard InChI is InChI=1S/C14H12F6N2O/c1-2-3-4-11-21-12(23-22-11)8-5-9(13(15,16)17)7-10(6-8)14(18,19)20/h5-7H,2-4H2,1H3. The lowest BCUT2D eigenvalue weighted by atomic mass is 10.0. The molecule has 0 aliphatic rings. The van der Waals surface area contributed by atoms with Gasteiger partial charge in [-0.05, 0) is 24.6 Å². The maximum atomic E-state index is 12.8. The lowest BCUT2D eigenvalue weighted by molar-refractivity contribution is -0.143. The molecule has 1 aromatic carbocycles. The molecule has 23 heavy (non-hydrogen) atoms. The number of hydrogen-bond acceptors (Lipinski definition) is 3. The second kappa shape index (κ2) is 6.21. The molecule has 0 fully saturated rings. The molecule has 2 rings (SSSR count). The zero-order valence-electron chi connectivity index (χ0n) is 11.9. The SMILES string of the molecule is CCCCc1noc(-c2cc(C(F)(F)F)cc(C(F)(F)F)c2)n1. The minimum atomic E-state index is -4.92. The number of rotatable bonds is 4. The summed E-state index contributed by atoms with van der Waals surface area (Å²) in [6, 6.07) is 1.18. The number of halogens is 6. The first-order valence-electron chi connectivity index (χ1n) is 6.73. The van der Waals surface area contributed by atoms with Crippen LogP contribution in [0.15, 0.2) is 22.7 Å². The summed E-state index contributed by atoms with van der Waals surface area (Å²) in [7, 11) is 0. The van der Waals surface area contributed by atoms with E-state index in [4.69, 9.17) is 4.52 Å². The summed E-state index contributed by atoms with van der Waals surface area (Å²) in [5.74, 6) is -0.125. The highest BCUT2D eigenvalue weighted by Crippen LogP contribution is 2.38. The predicted octanol–water partition coefficient (Wildman–Crippen LogP) is 5.12. The summed E-state index contributed by atoms with van der Waals surface area (Å²) in [5.41, 5.74) is -3.26. The first kappa shape index (κ1) is 17.3. The number of benzene rings is 1. The molecular formula is C14H12F6N2O. The molecule has 0 unspecified atom stereocenters. The fraction of sp³-hybridized carbons (Fsp3) is 0.429. The van der Waals surface area contributed by atoms with Gasteiger partial charge in [0.25, 0.3) is 5.89 Å². The zero-order chi connectivity index (χ0) is 17.3. The minimum Gasteiger partial charge on any atom is -0.334 e. The fourth-order valence-corrected chi connectivity index (χ4v) is 1.89. The van der Waals surface area contributed by atoms with E-state index >= 15 is 0 Å². The van der Waals surface area contributed by atoms with Gasteiger partial charge < -0.3 is 4.52 Å². The Morgan fingerprint density at radius 2 is 1.52 bits per heavy atom. The van der Waals surface area contributed by atoms with Crippen molar-refractivity contribution in [2.75, 3.05) is 0 Å². The third-order valence-corrected chi connectivity index (χ3v) is 3.06. The van der Waals surface area contributed by atoms with Gasteiger partial charge in [-0.2, -0.15) is 31.3 Å². The normalized spacial score (nSPS) is 12.7. The number of alkyl halides is 6. The van der Waals surface area contributed by atoms with Crippen LogP contribution < -0.4 is 0 Å². The Morgan fingerprint density at radius 3 is 2.00 bits per heavy atom. The van der Waals surface area contributed by atoms with Crippen LogP contribution in [0, 0.1) is 0 Å². The third kappa shape index (κ3) is 4.23. The molecule has 0 N–H and O–H groups in total. The van der Waals surface area contributed by atoms with Gasteiger partial charge in [-0.25, -0.2) is 0 Å². The fourth-order valence-electron chi connectivity index (χ4n) is 1.89. The minimum absolute atomic E-state index is 0.0534. The second-order valence-electron chi connectivity index (χ2n) is 4.91. The van der Waals surface area contributed by atoms with Crippen LogP contribution in [-0.2, 0) is 18.8 Å². The largest absolute Gasteiger partial charge is 0.416 e. The van der Waals surface area contributed by atoms with E-state index < -0.39 is 29.0 Å². The van der Waals surface area contributed by atoms with Gasteiger partial charge in [0.1, 0.15) is 0 Å². The van der Waals surface area contributed by atoms with E-state index in [-0.39, 0.29) is 17.8 Å². The Bertz CT molecular complexity index is 642. The molecule has 0 amide bonds. The summed E-state index contributed by atoms with van der Waals surface area (Å²) in [6.45, 7) is 1.92. The second-order valence-corrected chi connectivity index (χ2v) is 4.91. The molecular weight excluding hydrogens is 326 g/mol. The van der Waals surface area contributed by atoms with E-state index in [1.165, 1.54) is 0 Å². The Labute approximate surface area is 127 Å². The van der Waals surface area contributed by atoms with E-state index in [9.17, 15) is 26.3 Å². The lowest BCUT2D eigenvalue weighted by Gasteiger charge is -2.12. The third-order valence-electron chi connectivity index (χ3n) is 3.06. The molecule has 1 heterocycles. The zero-order valence-corrected chi connectivity index (χ0v) is 11.9. The molecule has 2 aromatic rings. The molecule has 1 aromatic heterocycles. The van der Waals surface area contributed by atoms with Crippen LogP contribution in [0.5, 0.6) is 0 Å². The monoisotopic (exact) mass is 338 g/mol. The van der Waals surface area contributed by atoms with E-state index in [1.807, 2.05) is 6.92 Å². The number of nitrogens with zero attached hydrogens (tertiary/aromatic N) is 2. The predicted molar refractivity (Wildman–Crippen MR) is 68.4 cm³/mol. The number of aryl methyl sites for hydroxylation is 1. The van der Waals surface area contributed by atoms with Gasteiger partial charge in [0.05, 0.1) is 11.1 Å². The molecule has 0 spiro atoms. The summed E-state index contributed by atoms with van der Waals surface area (Å²) >= 11 is 0. The van der Waals surface area contributed by atoms with Gasteiger partial charge in [-0.3, -0.25) is 0 Å². The van der Waals surface area contributed by atoms with E-state index in [0.29, 0.717) is 18.6 Å². The van der Waals surface area contributed by atoms with E-state index in [2.05, 4.69) is 10.1 Å². The molecule has 0 aliphatic heterocycles. The van der Waals surface area contributed by atoms with Crippen molar-refractivity contribution in [3.8, 4) is 11.5 Å². The Morgan fingerprint density at radius 1 is 0.957 bits per heavy atom. The van der Waals surface area contributed by atoms with Crippen molar-refractivity contribution in [2.45, 2.75) is 38.5 Å². The molecule has 126 valence electrons. The average molecular weight is 338 g/mol. The van der Waals surface area contributed by atoms with Crippen molar-refractivity contribution in [3.05, 3.63) is 35.2 Å². The smallest absolute Gasteiger partial charge is 0.334 e. The van der Waals surface area contributed by atoms with Gasteiger partial charge in [0.2, 0.25) is 0 Å². The van der Waals surface area contributed by atoms with Crippen LogP contribution in [0.25, 0.3) is 11.5 Å². The van der Waals surface area contributed by atoms with E-state index in [0.717, 1.165) is 12.8 Å². The average Bonchev–Trinajstić information content (AvgIpc) is 2.91. The molecule has 0 saturated heterocycles. The summed E-state index contributed by atoms with van der Waals surface area (Å²) in [5, 5.41) is 3.57. The molecule has 9 heteroatoms. The maximum Gasteiger partial charge on any atom is 0.416 e. The first-order valence-corrected chi connectivity index (χ1v) is 6.73. The van der Waals surface area contributed by atoms with Crippen molar-refractivity contribution < 1.29 is 30.9 Å². The van der Waals surface area contributed by atoms with Crippen LogP contribution >= 0.6 is 0 Å². The highest BCUT2D eigenvalue weighted by atomic mass is 19.4. The molecule has 3 nitrogen and oxygen atoms in total. The summed E-state index contributed by atoms with van der Waals surface area (Å²) < 4.78 is 81.5. The maximum absolute atomic E-state index is 12.8.